The fourth-order valence-corrected chi connectivity index (χ4v) is 3.82. The van der Waals surface area contributed by atoms with Gasteiger partial charge in [0.25, 0.3) is 0 Å². The molecule has 1 aromatic carbocycles. The van der Waals surface area contributed by atoms with Crippen molar-refractivity contribution in [3.8, 4) is 0 Å². The smallest absolute Gasteiger partial charge is 0.337 e. The summed E-state index contributed by atoms with van der Waals surface area (Å²) in [6.45, 7) is 6.09. The maximum absolute atomic E-state index is 12.2. The van der Waals surface area contributed by atoms with E-state index in [4.69, 9.17) is 9.47 Å². The third-order valence-electron chi connectivity index (χ3n) is 4.14. The second-order valence-corrected chi connectivity index (χ2v) is 6.65. The van der Waals surface area contributed by atoms with Crippen LogP contribution in [-0.4, -0.2) is 12.6 Å². The second-order valence-electron chi connectivity index (χ2n) is 5.70. The van der Waals surface area contributed by atoms with Crippen LogP contribution in [0.15, 0.2) is 53.1 Å². The van der Waals surface area contributed by atoms with Gasteiger partial charge in [-0.05, 0) is 32.2 Å². The molecule has 23 heavy (non-hydrogen) atoms. The average Bonchev–Trinajstić information content (AvgIpc) is 3.16. The maximum atomic E-state index is 12.2. The van der Waals surface area contributed by atoms with E-state index in [2.05, 4.69) is 37.3 Å². The first-order chi connectivity index (χ1) is 11.1. The molecule has 2 heterocycles. The van der Waals surface area contributed by atoms with Crippen LogP contribution in [0.25, 0.3) is 0 Å². The Hall–Kier alpha value is -2.07. The third kappa shape index (κ3) is 2.79. The Morgan fingerprint density at radius 2 is 2.00 bits per heavy atom. The zero-order valence-electron chi connectivity index (χ0n) is 13.6. The van der Waals surface area contributed by atoms with Crippen molar-refractivity contribution in [3.05, 3.63) is 69.1 Å². The lowest BCUT2D eigenvalue weighted by Crippen LogP contribution is -2.26. The summed E-state index contributed by atoms with van der Waals surface area (Å²) in [7, 11) is 0. The van der Waals surface area contributed by atoms with Gasteiger partial charge in [0.05, 0.1) is 17.1 Å². The van der Waals surface area contributed by atoms with E-state index >= 15 is 0 Å². The Balaban J connectivity index is 2.04. The minimum atomic E-state index is -0.631. The number of carbonyl (C=O) groups excluding carboxylic acids is 1. The molecule has 3 rings (SSSR count). The molecule has 1 unspecified atom stereocenters. The molecule has 0 amide bonds. The predicted octanol–water partition coefficient (Wildman–Crippen LogP) is 4.56. The van der Waals surface area contributed by atoms with Crippen LogP contribution in [0.5, 0.6) is 0 Å². The van der Waals surface area contributed by atoms with Gasteiger partial charge in [0.15, 0.2) is 5.60 Å². The van der Waals surface area contributed by atoms with Gasteiger partial charge < -0.3 is 9.47 Å². The minimum Gasteiger partial charge on any atom is -0.481 e. The van der Waals surface area contributed by atoms with Gasteiger partial charge in [-0.1, -0.05) is 35.9 Å². The van der Waals surface area contributed by atoms with Gasteiger partial charge in [0, 0.05) is 12.0 Å². The molecule has 120 valence electrons. The summed E-state index contributed by atoms with van der Waals surface area (Å²) in [5, 5.41) is 2.03. The molecule has 0 saturated carbocycles. The normalized spacial score (nSPS) is 20.5. The molecular weight excluding hydrogens is 308 g/mol. The number of benzene rings is 1. The van der Waals surface area contributed by atoms with Crippen molar-refractivity contribution < 1.29 is 14.3 Å². The molecule has 4 heteroatoms. The minimum absolute atomic E-state index is 0.282. The third-order valence-corrected chi connectivity index (χ3v) is 5.15. The van der Waals surface area contributed by atoms with Crippen LogP contribution in [0.1, 0.15) is 36.3 Å². The summed E-state index contributed by atoms with van der Waals surface area (Å²) < 4.78 is 11.5. The monoisotopic (exact) mass is 328 g/mol. The fraction of sp³-hybridized carbons (Fsp3) is 0.316. The first kappa shape index (κ1) is 15.8. The summed E-state index contributed by atoms with van der Waals surface area (Å²) in [4.78, 5) is 13.3. The Morgan fingerprint density at radius 3 is 2.61 bits per heavy atom. The molecule has 0 radical (unpaired) electrons. The lowest BCUT2D eigenvalue weighted by molar-refractivity contribution is -0.138. The first-order valence-electron chi connectivity index (χ1n) is 7.74. The van der Waals surface area contributed by atoms with Crippen LogP contribution in [0, 0.1) is 6.92 Å². The maximum Gasteiger partial charge on any atom is 0.337 e. The molecule has 1 aliphatic rings. The van der Waals surface area contributed by atoms with Crippen molar-refractivity contribution in [2.24, 2.45) is 0 Å². The van der Waals surface area contributed by atoms with E-state index < -0.39 is 5.60 Å². The highest BCUT2D eigenvalue weighted by Crippen LogP contribution is 2.48. The predicted molar refractivity (Wildman–Crippen MR) is 91.3 cm³/mol. The van der Waals surface area contributed by atoms with E-state index in [0.717, 1.165) is 10.4 Å². The molecule has 1 atom stereocenters. The van der Waals surface area contributed by atoms with Crippen molar-refractivity contribution in [3.63, 3.8) is 0 Å². The van der Waals surface area contributed by atoms with Crippen molar-refractivity contribution in [1.82, 2.24) is 0 Å². The van der Waals surface area contributed by atoms with Gasteiger partial charge in [0.2, 0.25) is 0 Å². The second kappa shape index (κ2) is 6.20. The zero-order chi connectivity index (χ0) is 16.4. The lowest BCUT2D eigenvalue weighted by Gasteiger charge is -2.29. The molecular formula is C19H20O3S. The number of thiophene rings is 1. The van der Waals surface area contributed by atoms with Crippen molar-refractivity contribution >= 4 is 17.3 Å². The van der Waals surface area contributed by atoms with E-state index in [1.165, 1.54) is 5.56 Å². The Kier molecular flexibility index (Phi) is 4.26. The summed E-state index contributed by atoms with van der Waals surface area (Å²) >= 11 is 1.64. The number of hydrogen-bond acceptors (Lipinski definition) is 4. The molecule has 3 nitrogen and oxygen atoms in total. The number of esters is 1. The molecule has 1 aromatic heterocycles. The van der Waals surface area contributed by atoms with Gasteiger partial charge in [-0.25, -0.2) is 4.79 Å². The highest BCUT2D eigenvalue weighted by molar-refractivity contribution is 7.10. The number of aryl methyl sites for hydroxylation is 1. The van der Waals surface area contributed by atoms with Gasteiger partial charge in [0.1, 0.15) is 5.76 Å². The zero-order valence-corrected chi connectivity index (χ0v) is 14.4. The van der Waals surface area contributed by atoms with E-state index in [1.807, 2.05) is 25.3 Å². The fourth-order valence-electron chi connectivity index (χ4n) is 2.94. The van der Waals surface area contributed by atoms with Crippen LogP contribution >= 0.6 is 11.3 Å². The van der Waals surface area contributed by atoms with Gasteiger partial charge in [-0.3, -0.25) is 0 Å². The Morgan fingerprint density at radius 1 is 1.26 bits per heavy atom. The highest BCUT2D eigenvalue weighted by atomic mass is 32.1. The van der Waals surface area contributed by atoms with E-state index in [0.29, 0.717) is 24.4 Å². The summed E-state index contributed by atoms with van der Waals surface area (Å²) in [5.74, 6) is 0.368. The molecule has 0 saturated heterocycles. The van der Waals surface area contributed by atoms with E-state index in [-0.39, 0.29) is 5.97 Å². The summed E-state index contributed by atoms with van der Waals surface area (Å²) in [6.07, 6.45) is 0.501. The van der Waals surface area contributed by atoms with E-state index in [1.54, 1.807) is 11.3 Å². The quantitative estimate of drug-likeness (QED) is 0.772. The van der Waals surface area contributed by atoms with Crippen LogP contribution in [0.4, 0.5) is 0 Å². The number of allylic oxidation sites excluding steroid dienone is 1. The van der Waals surface area contributed by atoms with Gasteiger partial charge >= 0.3 is 5.97 Å². The Labute approximate surface area is 140 Å². The Bertz CT molecular complexity index is 728. The van der Waals surface area contributed by atoms with Gasteiger partial charge in [-0.2, -0.15) is 0 Å². The van der Waals surface area contributed by atoms with Crippen LogP contribution in [0.3, 0.4) is 0 Å². The molecule has 2 aromatic rings. The molecule has 0 spiro atoms. The molecule has 0 N–H and O–H groups in total. The van der Waals surface area contributed by atoms with Crippen molar-refractivity contribution in [2.75, 3.05) is 6.61 Å². The number of hydrogen-bond donors (Lipinski definition) is 0. The summed E-state index contributed by atoms with van der Waals surface area (Å²) in [6, 6.07) is 12.4. The highest BCUT2D eigenvalue weighted by Gasteiger charge is 2.46. The van der Waals surface area contributed by atoms with Gasteiger partial charge in [-0.15, -0.1) is 11.3 Å². The van der Waals surface area contributed by atoms with Crippen LogP contribution in [-0.2, 0) is 19.9 Å². The number of carbonyl (C=O) groups is 1. The average molecular weight is 328 g/mol. The van der Waals surface area contributed by atoms with Crippen molar-refractivity contribution in [2.45, 2.75) is 32.8 Å². The van der Waals surface area contributed by atoms with Crippen molar-refractivity contribution in [1.29, 1.82) is 0 Å². The molecule has 0 aliphatic carbocycles. The SMILES string of the molecule is CCOC(=O)C1=C(C)OC(c2ccc(C)cc2)(c2cccs2)C1. The molecule has 0 bridgehead atoms. The van der Waals surface area contributed by atoms with Crippen LogP contribution in [0.2, 0.25) is 0 Å². The summed E-state index contributed by atoms with van der Waals surface area (Å²) in [5.41, 5.74) is 2.25. The largest absolute Gasteiger partial charge is 0.481 e. The first-order valence-corrected chi connectivity index (χ1v) is 8.62. The standard InChI is InChI=1S/C19H20O3S/c1-4-21-18(20)16-12-19(22-14(16)3,17-6-5-11-23-17)15-9-7-13(2)8-10-15/h5-11H,4,12H2,1-3H3. The topological polar surface area (TPSA) is 35.5 Å². The molecule has 0 fully saturated rings. The number of rotatable bonds is 4. The van der Waals surface area contributed by atoms with E-state index in [9.17, 15) is 4.79 Å². The van der Waals surface area contributed by atoms with Crippen LogP contribution < -0.4 is 0 Å². The number of ether oxygens (including phenoxy) is 2. The lowest BCUT2D eigenvalue weighted by atomic mass is 9.86. The molecule has 1 aliphatic heterocycles.